The zero-order valence-corrected chi connectivity index (χ0v) is 18.0. The maximum absolute atomic E-state index is 12.9. The number of halogens is 3. The Balaban J connectivity index is 1.57. The van der Waals surface area contributed by atoms with E-state index in [2.05, 4.69) is 22.5 Å². The average Bonchev–Trinajstić information content (AvgIpc) is 2.81. The lowest BCUT2D eigenvalue weighted by atomic mass is 10.1. The number of hydrogen-bond donors (Lipinski definition) is 3. The Bertz CT molecular complexity index is 1180. The summed E-state index contributed by atoms with van der Waals surface area (Å²) in [4.78, 5) is 24.8. The van der Waals surface area contributed by atoms with Crippen LogP contribution in [0.5, 0.6) is 5.75 Å². The molecule has 2 amide bonds. The van der Waals surface area contributed by atoms with Gasteiger partial charge in [0.2, 0.25) is 5.91 Å². The van der Waals surface area contributed by atoms with Crippen molar-refractivity contribution in [2.75, 3.05) is 29.1 Å². The molecule has 176 valence electrons. The Kier molecular flexibility index (Phi) is 7.92. The molecule has 3 aromatic rings. The first-order valence-corrected chi connectivity index (χ1v) is 10.2. The summed E-state index contributed by atoms with van der Waals surface area (Å²) in [6, 6.07) is 17.6. The van der Waals surface area contributed by atoms with Crippen LogP contribution < -0.4 is 20.7 Å². The Hall–Kier alpha value is -4.27. The summed E-state index contributed by atoms with van der Waals surface area (Å²) < 4.78 is 44.1. The van der Waals surface area contributed by atoms with Crippen molar-refractivity contribution in [3.8, 4) is 5.75 Å². The molecular formula is C25H22F3N3O3. The third kappa shape index (κ3) is 7.13. The zero-order chi connectivity index (χ0) is 24.6. The minimum absolute atomic E-state index is 0.0249. The number of anilines is 3. The summed E-state index contributed by atoms with van der Waals surface area (Å²) in [5.41, 5.74) is 0.439. The van der Waals surface area contributed by atoms with Crippen LogP contribution in [0.1, 0.15) is 15.9 Å². The van der Waals surface area contributed by atoms with Crippen molar-refractivity contribution in [1.29, 1.82) is 0 Å². The second-order valence-electron chi connectivity index (χ2n) is 7.14. The topological polar surface area (TPSA) is 79.5 Å². The van der Waals surface area contributed by atoms with Gasteiger partial charge in [-0.15, -0.1) is 0 Å². The van der Waals surface area contributed by atoms with Gasteiger partial charge in [-0.25, -0.2) is 0 Å². The smallest absolute Gasteiger partial charge is 0.416 e. The SMILES string of the molecule is C=CCOc1cccc(NC(=O)CNc2cccc(C(=O)Nc3cccc(C(F)(F)F)c3)c2)c1. The van der Waals surface area contributed by atoms with Gasteiger partial charge < -0.3 is 20.7 Å². The molecule has 9 heteroatoms. The van der Waals surface area contributed by atoms with Gasteiger partial charge in [0.1, 0.15) is 12.4 Å². The first-order chi connectivity index (χ1) is 16.2. The molecular weight excluding hydrogens is 447 g/mol. The lowest BCUT2D eigenvalue weighted by Gasteiger charge is -2.11. The fraction of sp³-hybridized carbons (Fsp3) is 0.120. The number of hydrogen-bond acceptors (Lipinski definition) is 4. The fourth-order valence-electron chi connectivity index (χ4n) is 2.95. The molecule has 0 aliphatic heterocycles. The number of benzene rings is 3. The highest BCUT2D eigenvalue weighted by Crippen LogP contribution is 2.30. The molecule has 0 unspecified atom stereocenters. The lowest BCUT2D eigenvalue weighted by Crippen LogP contribution is -2.22. The molecule has 0 aliphatic carbocycles. The van der Waals surface area contributed by atoms with E-state index in [1.807, 2.05) is 0 Å². The van der Waals surface area contributed by atoms with E-state index in [4.69, 9.17) is 4.74 Å². The van der Waals surface area contributed by atoms with Crippen LogP contribution in [0.3, 0.4) is 0 Å². The largest absolute Gasteiger partial charge is 0.489 e. The molecule has 0 atom stereocenters. The van der Waals surface area contributed by atoms with E-state index in [9.17, 15) is 22.8 Å². The maximum atomic E-state index is 12.9. The van der Waals surface area contributed by atoms with Gasteiger partial charge >= 0.3 is 6.18 Å². The Labute approximate surface area is 194 Å². The molecule has 0 radical (unpaired) electrons. The van der Waals surface area contributed by atoms with E-state index in [-0.39, 0.29) is 23.7 Å². The van der Waals surface area contributed by atoms with E-state index < -0.39 is 17.6 Å². The highest BCUT2D eigenvalue weighted by molar-refractivity contribution is 6.05. The van der Waals surface area contributed by atoms with Crippen molar-refractivity contribution in [2.24, 2.45) is 0 Å². The van der Waals surface area contributed by atoms with Gasteiger partial charge in [-0.2, -0.15) is 13.2 Å². The molecule has 0 spiro atoms. The molecule has 0 aromatic heterocycles. The van der Waals surface area contributed by atoms with Crippen LogP contribution in [0.4, 0.5) is 30.2 Å². The Morgan fingerprint density at radius 1 is 0.882 bits per heavy atom. The van der Waals surface area contributed by atoms with Crippen LogP contribution in [0.2, 0.25) is 0 Å². The van der Waals surface area contributed by atoms with Crippen molar-refractivity contribution < 1.29 is 27.5 Å². The Morgan fingerprint density at radius 3 is 2.29 bits per heavy atom. The molecule has 0 saturated heterocycles. The number of carbonyl (C=O) groups is 2. The third-order valence-corrected chi connectivity index (χ3v) is 4.51. The molecule has 3 aromatic carbocycles. The van der Waals surface area contributed by atoms with Gasteiger partial charge in [-0.1, -0.05) is 30.9 Å². The molecule has 6 nitrogen and oxygen atoms in total. The van der Waals surface area contributed by atoms with Crippen LogP contribution in [-0.2, 0) is 11.0 Å². The highest BCUT2D eigenvalue weighted by atomic mass is 19.4. The summed E-state index contributed by atoms with van der Waals surface area (Å²) in [5.74, 6) is -0.311. The van der Waals surface area contributed by atoms with Crippen LogP contribution in [0, 0.1) is 0 Å². The monoisotopic (exact) mass is 469 g/mol. The Morgan fingerprint density at radius 2 is 1.56 bits per heavy atom. The number of rotatable bonds is 9. The third-order valence-electron chi connectivity index (χ3n) is 4.51. The van der Waals surface area contributed by atoms with Gasteiger partial charge in [0, 0.05) is 28.7 Å². The predicted molar refractivity (Wildman–Crippen MR) is 125 cm³/mol. The summed E-state index contributed by atoms with van der Waals surface area (Å²) in [6.07, 6.45) is -2.89. The van der Waals surface area contributed by atoms with Gasteiger partial charge in [-0.05, 0) is 48.5 Å². The van der Waals surface area contributed by atoms with Crippen LogP contribution in [-0.4, -0.2) is 25.0 Å². The first-order valence-electron chi connectivity index (χ1n) is 10.2. The second-order valence-corrected chi connectivity index (χ2v) is 7.14. The second kappa shape index (κ2) is 11.0. The molecule has 0 saturated carbocycles. The van der Waals surface area contributed by atoms with Crippen molar-refractivity contribution in [1.82, 2.24) is 0 Å². The molecule has 34 heavy (non-hydrogen) atoms. The van der Waals surface area contributed by atoms with Crippen molar-refractivity contribution >= 4 is 28.9 Å². The van der Waals surface area contributed by atoms with Crippen molar-refractivity contribution in [3.63, 3.8) is 0 Å². The van der Waals surface area contributed by atoms with E-state index in [1.54, 1.807) is 42.5 Å². The normalized spacial score (nSPS) is 10.8. The first kappa shape index (κ1) is 24.4. The summed E-state index contributed by atoms with van der Waals surface area (Å²) in [5, 5.41) is 8.11. The number of amides is 2. The molecule has 0 bridgehead atoms. The zero-order valence-electron chi connectivity index (χ0n) is 18.0. The quantitative estimate of drug-likeness (QED) is 0.358. The number of alkyl halides is 3. The van der Waals surface area contributed by atoms with E-state index in [0.29, 0.717) is 23.7 Å². The maximum Gasteiger partial charge on any atom is 0.416 e. The van der Waals surface area contributed by atoms with E-state index in [0.717, 1.165) is 12.1 Å². The average molecular weight is 469 g/mol. The molecule has 0 heterocycles. The lowest BCUT2D eigenvalue weighted by molar-refractivity contribution is -0.137. The summed E-state index contributed by atoms with van der Waals surface area (Å²) in [6.45, 7) is 3.85. The summed E-state index contributed by atoms with van der Waals surface area (Å²) in [7, 11) is 0. The van der Waals surface area contributed by atoms with Gasteiger partial charge in [-0.3, -0.25) is 9.59 Å². The fourth-order valence-corrected chi connectivity index (χ4v) is 2.95. The molecule has 0 aliphatic rings. The summed E-state index contributed by atoms with van der Waals surface area (Å²) >= 11 is 0. The number of carbonyl (C=O) groups excluding carboxylic acids is 2. The molecule has 0 fully saturated rings. The van der Waals surface area contributed by atoms with Gasteiger partial charge in [0.15, 0.2) is 0 Å². The van der Waals surface area contributed by atoms with Crippen LogP contribution in [0.25, 0.3) is 0 Å². The van der Waals surface area contributed by atoms with Crippen molar-refractivity contribution in [3.05, 3.63) is 96.6 Å². The van der Waals surface area contributed by atoms with Gasteiger partial charge in [0.25, 0.3) is 5.91 Å². The molecule has 3 rings (SSSR count). The van der Waals surface area contributed by atoms with Crippen LogP contribution >= 0.6 is 0 Å². The predicted octanol–water partition coefficient (Wildman–Crippen LogP) is 5.57. The number of nitrogens with one attached hydrogen (secondary N) is 3. The van der Waals surface area contributed by atoms with Gasteiger partial charge in [0.05, 0.1) is 12.1 Å². The van der Waals surface area contributed by atoms with Crippen LogP contribution in [0.15, 0.2) is 85.5 Å². The standard InChI is InChI=1S/C25H22F3N3O3/c1-2-12-34-22-11-5-10-21(15-22)30-23(32)16-29-19-8-3-6-17(13-19)24(33)31-20-9-4-7-18(14-20)25(26,27)28/h2-11,13-15,29H,1,12,16H2,(H,30,32)(H,31,33). The van der Waals surface area contributed by atoms with Crippen molar-refractivity contribution in [2.45, 2.75) is 6.18 Å². The van der Waals surface area contributed by atoms with E-state index >= 15 is 0 Å². The van der Waals surface area contributed by atoms with E-state index in [1.165, 1.54) is 24.3 Å². The number of ether oxygens (including phenoxy) is 1. The minimum Gasteiger partial charge on any atom is -0.489 e. The minimum atomic E-state index is -4.51. The highest BCUT2D eigenvalue weighted by Gasteiger charge is 2.30. The molecule has 3 N–H and O–H groups in total.